The van der Waals surface area contributed by atoms with Crippen molar-refractivity contribution in [1.29, 1.82) is 0 Å². The third kappa shape index (κ3) is 4.93. The van der Waals surface area contributed by atoms with E-state index in [4.69, 9.17) is 11.6 Å². The summed E-state index contributed by atoms with van der Waals surface area (Å²) in [6.07, 6.45) is 4.94. The molecule has 31 heavy (non-hydrogen) atoms. The quantitative estimate of drug-likeness (QED) is 0.557. The maximum Gasteiger partial charge on any atom is 0.233 e. The number of hydrogen-bond acceptors (Lipinski definition) is 6. The van der Waals surface area contributed by atoms with Gasteiger partial charge in [0, 0.05) is 24.2 Å². The highest BCUT2D eigenvalue weighted by atomic mass is 35.5. The topological polar surface area (TPSA) is 85.2 Å². The van der Waals surface area contributed by atoms with Gasteiger partial charge in [-0.3, -0.25) is 9.36 Å². The average Bonchev–Trinajstić information content (AvgIpc) is 3.47. The van der Waals surface area contributed by atoms with Gasteiger partial charge in [0.05, 0.1) is 22.3 Å². The van der Waals surface area contributed by atoms with Gasteiger partial charge < -0.3 is 4.90 Å². The Morgan fingerprint density at radius 2 is 1.97 bits per heavy atom. The number of benzene rings is 1. The molecule has 0 radical (unpaired) electrons. The van der Waals surface area contributed by atoms with Gasteiger partial charge in [0.1, 0.15) is 0 Å². The van der Waals surface area contributed by atoms with Gasteiger partial charge in [-0.25, -0.2) is 8.42 Å². The molecule has 1 amide bonds. The number of nitrogens with zero attached hydrogens (tertiary/aromatic N) is 4. The van der Waals surface area contributed by atoms with Crippen molar-refractivity contribution in [3.63, 3.8) is 0 Å². The normalized spacial score (nSPS) is 20.9. The van der Waals surface area contributed by atoms with E-state index in [9.17, 15) is 13.2 Å². The summed E-state index contributed by atoms with van der Waals surface area (Å²) in [5.41, 5.74) is 0.841. The lowest BCUT2D eigenvalue weighted by atomic mass is 10.2. The smallest absolute Gasteiger partial charge is 0.233 e. The van der Waals surface area contributed by atoms with Crippen LogP contribution in [0.5, 0.6) is 0 Å². The first-order valence-electron chi connectivity index (χ1n) is 10.7. The minimum absolute atomic E-state index is 0.0603. The fraction of sp³-hybridized carbons (Fsp3) is 0.571. The van der Waals surface area contributed by atoms with Crippen LogP contribution in [-0.4, -0.2) is 63.8 Å². The summed E-state index contributed by atoms with van der Waals surface area (Å²) in [6.45, 7) is 2.39. The lowest BCUT2D eigenvalue weighted by molar-refractivity contribution is -0.129. The average molecular weight is 483 g/mol. The number of amides is 1. The number of hydrogen-bond donors (Lipinski definition) is 0. The molecule has 4 rings (SSSR count). The molecule has 1 saturated carbocycles. The summed E-state index contributed by atoms with van der Waals surface area (Å²) in [5, 5.41) is 10.2. The molecule has 2 heterocycles. The lowest BCUT2D eigenvalue weighted by Gasteiger charge is -2.26. The zero-order chi connectivity index (χ0) is 22.0. The highest BCUT2D eigenvalue weighted by molar-refractivity contribution is 7.99. The fourth-order valence-electron chi connectivity index (χ4n) is 4.56. The molecular formula is C21H27ClN4O3S2. The Bertz CT molecular complexity index is 1050. The second-order valence-corrected chi connectivity index (χ2v) is 11.7. The molecule has 2 aliphatic rings. The Kier molecular flexibility index (Phi) is 6.93. The zero-order valence-corrected chi connectivity index (χ0v) is 19.9. The van der Waals surface area contributed by atoms with Crippen LogP contribution >= 0.6 is 23.4 Å². The number of thioether (sulfide) groups is 1. The van der Waals surface area contributed by atoms with E-state index in [2.05, 4.69) is 14.8 Å². The summed E-state index contributed by atoms with van der Waals surface area (Å²) >= 11 is 7.80. The van der Waals surface area contributed by atoms with Crippen molar-refractivity contribution in [2.24, 2.45) is 0 Å². The Labute approximate surface area is 192 Å². The van der Waals surface area contributed by atoms with Crippen LogP contribution in [0.4, 0.5) is 0 Å². The number of rotatable bonds is 7. The summed E-state index contributed by atoms with van der Waals surface area (Å²) < 4.78 is 25.8. The summed E-state index contributed by atoms with van der Waals surface area (Å²) in [5.74, 6) is 1.10. The van der Waals surface area contributed by atoms with E-state index in [0.29, 0.717) is 29.2 Å². The van der Waals surface area contributed by atoms with Crippen molar-refractivity contribution >= 4 is 39.1 Å². The molecule has 10 heteroatoms. The number of carbonyl (C=O) groups is 1. The van der Waals surface area contributed by atoms with Crippen molar-refractivity contribution in [3.8, 4) is 11.4 Å². The van der Waals surface area contributed by atoms with Crippen molar-refractivity contribution in [2.75, 3.05) is 23.8 Å². The Morgan fingerprint density at radius 1 is 1.23 bits per heavy atom. The largest absolute Gasteiger partial charge is 0.338 e. The highest BCUT2D eigenvalue weighted by Gasteiger charge is 2.34. The van der Waals surface area contributed by atoms with Gasteiger partial charge in [0.25, 0.3) is 0 Å². The van der Waals surface area contributed by atoms with Gasteiger partial charge in [0.2, 0.25) is 5.91 Å². The van der Waals surface area contributed by atoms with Crippen molar-refractivity contribution < 1.29 is 13.2 Å². The molecule has 0 unspecified atom stereocenters. The van der Waals surface area contributed by atoms with Crippen LogP contribution in [0.2, 0.25) is 5.02 Å². The summed E-state index contributed by atoms with van der Waals surface area (Å²) in [4.78, 5) is 14.6. The third-order valence-corrected chi connectivity index (χ3v) is 9.11. The standard InChI is InChI=1S/C21H27ClN4O3S2/c1-2-25(16-11-12-31(28,29)14-16)19(27)13-30-21-24-23-20(17-9-5-6-10-18(17)22)26(21)15-7-3-4-8-15/h5-6,9-10,15-16H,2-4,7-8,11-14H2,1H3/t16-/m1/s1. The van der Waals surface area contributed by atoms with Crippen LogP contribution in [0.1, 0.15) is 45.1 Å². The molecule has 1 aromatic heterocycles. The maximum absolute atomic E-state index is 12.9. The van der Waals surface area contributed by atoms with Gasteiger partial charge in [-0.05, 0) is 38.3 Å². The first-order chi connectivity index (χ1) is 14.9. The van der Waals surface area contributed by atoms with E-state index in [0.717, 1.165) is 37.1 Å². The zero-order valence-electron chi connectivity index (χ0n) is 17.5. The van der Waals surface area contributed by atoms with Crippen LogP contribution in [-0.2, 0) is 14.6 Å². The van der Waals surface area contributed by atoms with Crippen LogP contribution in [0.25, 0.3) is 11.4 Å². The molecule has 0 N–H and O–H groups in total. The monoisotopic (exact) mass is 482 g/mol. The predicted octanol–water partition coefficient (Wildman–Crippen LogP) is 3.84. The summed E-state index contributed by atoms with van der Waals surface area (Å²) in [6, 6.07) is 7.67. The molecule has 168 valence electrons. The number of aromatic nitrogens is 3. The van der Waals surface area contributed by atoms with E-state index < -0.39 is 9.84 Å². The molecule has 2 aromatic rings. The van der Waals surface area contributed by atoms with Gasteiger partial charge in [-0.2, -0.15) is 0 Å². The van der Waals surface area contributed by atoms with Gasteiger partial charge >= 0.3 is 0 Å². The number of halogens is 1. The number of carbonyl (C=O) groups excluding carboxylic acids is 1. The van der Waals surface area contributed by atoms with E-state index in [1.54, 1.807) is 4.90 Å². The fourth-order valence-corrected chi connectivity index (χ4v) is 7.40. The maximum atomic E-state index is 12.9. The molecule has 1 aliphatic carbocycles. The molecule has 1 aromatic carbocycles. The molecule has 1 saturated heterocycles. The first-order valence-corrected chi connectivity index (χ1v) is 13.9. The molecule has 1 atom stereocenters. The summed E-state index contributed by atoms with van der Waals surface area (Å²) in [7, 11) is -3.04. The van der Waals surface area contributed by atoms with E-state index in [-0.39, 0.29) is 29.2 Å². The van der Waals surface area contributed by atoms with Gasteiger partial charge in [-0.1, -0.05) is 48.3 Å². The molecule has 1 aliphatic heterocycles. The Hall–Kier alpha value is -1.58. The minimum atomic E-state index is -3.04. The lowest BCUT2D eigenvalue weighted by Crippen LogP contribution is -2.42. The Balaban J connectivity index is 1.54. The third-order valence-electron chi connectivity index (χ3n) is 6.10. The van der Waals surface area contributed by atoms with Crippen molar-refractivity contribution in [2.45, 2.75) is 56.3 Å². The van der Waals surface area contributed by atoms with Crippen molar-refractivity contribution in [1.82, 2.24) is 19.7 Å². The van der Waals surface area contributed by atoms with Crippen LogP contribution < -0.4 is 0 Å². The number of sulfone groups is 1. The van der Waals surface area contributed by atoms with Crippen molar-refractivity contribution in [3.05, 3.63) is 29.3 Å². The Morgan fingerprint density at radius 3 is 2.61 bits per heavy atom. The molecule has 7 nitrogen and oxygen atoms in total. The first kappa shape index (κ1) is 22.6. The van der Waals surface area contributed by atoms with Crippen LogP contribution in [0, 0.1) is 0 Å². The van der Waals surface area contributed by atoms with Gasteiger partial charge in [-0.15, -0.1) is 10.2 Å². The molecule has 0 bridgehead atoms. The van der Waals surface area contributed by atoms with E-state index in [1.807, 2.05) is 31.2 Å². The van der Waals surface area contributed by atoms with Crippen LogP contribution in [0.3, 0.4) is 0 Å². The van der Waals surface area contributed by atoms with E-state index >= 15 is 0 Å². The van der Waals surface area contributed by atoms with Gasteiger partial charge in [0.15, 0.2) is 20.8 Å². The second kappa shape index (κ2) is 9.50. The van der Waals surface area contributed by atoms with E-state index in [1.165, 1.54) is 11.8 Å². The molecule has 2 fully saturated rings. The minimum Gasteiger partial charge on any atom is -0.338 e. The SMILES string of the molecule is CCN(C(=O)CSc1nnc(-c2ccccc2Cl)n1C1CCCC1)[C@@H]1CCS(=O)(=O)C1. The molecular weight excluding hydrogens is 456 g/mol. The molecule has 0 spiro atoms. The highest BCUT2D eigenvalue weighted by Crippen LogP contribution is 2.38. The second-order valence-electron chi connectivity index (χ2n) is 8.12. The predicted molar refractivity (Wildman–Crippen MR) is 123 cm³/mol. The van der Waals surface area contributed by atoms with Crippen LogP contribution in [0.15, 0.2) is 29.4 Å².